The summed E-state index contributed by atoms with van der Waals surface area (Å²) in [7, 11) is 0. The van der Waals surface area contributed by atoms with Crippen LogP contribution < -0.4 is 5.32 Å². The molecule has 2 fully saturated rings. The highest BCUT2D eigenvalue weighted by Crippen LogP contribution is 2.28. The van der Waals surface area contributed by atoms with E-state index in [0.29, 0.717) is 38.4 Å². The first-order valence-electron chi connectivity index (χ1n) is 9.44. The summed E-state index contributed by atoms with van der Waals surface area (Å²) < 4.78 is 0. The van der Waals surface area contributed by atoms with E-state index in [0.717, 1.165) is 18.4 Å². The van der Waals surface area contributed by atoms with Gasteiger partial charge in [0.25, 0.3) is 0 Å². The number of benzene rings is 1. The van der Waals surface area contributed by atoms with Crippen LogP contribution in [-0.2, 0) is 16.0 Å². The minimum atomic E-state index is -0.941. The Hall–Kier alpha value is -2.37. The Balaban J connectivity index is 1.46. The van der Waals surface area contributed by atoms with Gasteiger partial charge in [-0.1, -0.05) is 25.0 Å². The Labute approximate surface area is 153 Å². The zero-order valence-electron chi connectivity index (χ0n) is 14.9. The molecule has 2 N–H and O–H groups in total. The number of rotatable bonds is 6. The Bertz CT molecular complexity index is 665. The van der Waals surface area contributed by atoms with Gasteiger partial charge in [-0.3, -0.25) is 9.59 Å². The summed E-state index contributed by atoms with van der Waals surface area (Å²) in [6.07, 6.45) is 6.22. The van der Waals surface area contributed by atoms with E-state index >= 15 is 0 Å². The van der Waals surface area contributed by atoms with E-state index in [2.05, 4.69) is 5.32 Å². The van der Waals surface area contributed by atoms with Crippen molar-refractivity contribution in [2.24, 2.45) is 5.92 Å². The molecule has 1 aliphatic heterocycles. The second-order valence-electron chi connectivity index (χ2n) is 7.26. The van der Waals surface area contributed by atoms with Crippen molar-refractivity contribution in [3.05, 3.63) is 35.4 Å². The summed E-state index contributed by atoms with van der Waals surface area (Å²) in [5, 5.41) is 11.9. The maximum atomic E-state index is 12.5. The van der Waals surface area contributed by atoms with Gasteiger partial charge in [-0.2, -0.15) is 0 Å². The molecule has 26 heavy (non-hydrogen) atoms. The predicted molar refractivity (Wildman–Crippen MR) is 96.8 cm³/mol. The van der Waals surface area contributed by atoms with Crippen LogP contribution in [0.2, 0.25) is 0 Å². The number of hydrogen-bond donors (Lipinski definition) is 2. The third-order valence-electron chi connectivity index (χ3n) is 5.49. The van der Waals surface area contributed by atoms with Crippen molar-refractivity contribution in [2.45, 2.75) is 51.0 Å². The van der Waals surface area contributed by atoms with Crippen LogP contribution in [0.5, 0.6) is 0 Å². The lowest BCUT2D eigenvalue weighted by molar-refractivity contribution is -0.140. The fourth-order valence-electron chi connectivity index (χ4n) is 3.94. The average Bonchev–Trinajstić information content (AvgIpc) is 3.17. The number of carboxylic acids is 1. The minimum Gasteiger partial charge on any atom is -0.478 e. The van der Waals surface area contributed by atoms with Crippen molar-refractivity contribution in [2.75, 3.05) is 13.1 Å². The number of likely N-dealkylation sites (tertiary alicyclic amines) is 1. The molecule has 1 aliphatic carbocycles. The Morgan fingerprint density at radius 1 is 1.12 bits per heavy atom. The molecule has 0 aromatic heterocycles. The molecule has 1 atom stereocenters. The summed E-state index contributed by atoms with van der Waals surface area (Å²) in [6, 6.07) is 7.02. The molecule has 1 saturated carbocycles. The van der Waals surface area contributed by atoms with E-state index in [-0.39, 0.29) is 23.3 Å². The lowest BCUT2D eigenvalue weighted by atomic mass is 9.94. The Morgan fingerprint density at radius 2 is 1.81 bits per heavy atom. The van der Waals surface area contributed by atoms with E-state index in [1.54, 1.807) is 24.3 Å². The number of carbonyl (C=O) groups excluding carboxylic acids is 2. The van der Waals surface area contributed by atoms with Crippen LogP contribution in [0.25, 0.3) is 0 Å². The van der Waals surface area contributed by atoms with Crippen molar-refractivity contribution >= 4 is 17.8 Å². The maximum absolute atomic E-state index is 12.5. The molecule has 140 valence electrons. The van der Waals surface area contributed by atoms with Gasteiger partial charge in [0.05, 0.1) is 11.5 Å². The molecule has 2 aliphatic rings. The van der Waals surface area contributed by atoms with Crippen LogP contribution >= 0.6 is 0 Å². The number of nitrogens with one attached hydrogen (secondary N) is 1. The van der Waals surface area contributed by atoms with Crippen LogP contribution in [0.3, 0.4) is 0 Å². The molecule has 6 nitrogen and oxygen atoms in total. The third kappa shape index (κ3) is 4.42. The highest BCUT2D eigenvalue weighted by atomic mass is 16.4. The van der Waals surface area contributed by atoms with Gasteiger partial charge in [0.2, 0.25) is 11.8 Å². The Morgan fingerprint density at radius 3 is 2.46 bits per heavy atom. The van der Waals surface area contributed by atoms with E-state index in [1.807, 2.05) is 4.90 Å². The summed E-state index contributed by atoms with van der Waals surface area (Å²) in [5.41, 5.74) is 1.25. The van der Waals surface area contributed by atoms with Crippen LogP contribution in [0.1, 0.15) is 54.4 Å². The summed E-state index contributed by atoms with van der Waals surface area (Å²) in [6.45, 7) is 1.06. The van der Waals surface area contributed by atoms with Gasteiger partial charge in [-0.05, 0) is 43.4 Å². The molecule has 1 unspecified atom stereocenters. The fraction of sp³-hybridized carbons (Fsp3) is 0.550. The topological polar surface area (TPSA) is 86.7 Å². The Kier molecular flexibility index (Phi) is 5.91. The highest BCUT2D eigenvalue weighted by molar-refractivity contribution is 5.87. The summed E-state index contributed by atoms with van der Waals surface area (Å²) in [4.78, 5) is 37.4. The van der Waals surface area contributed by atoms with Crippen molar-refractivity contribution in [3.63, 3.8) is 0 Å². The van der Waals surface area contributed by atoms with Crippen molar-refractivity contribution in [1.29, 1.82) is 0 Å². The van der Waals surface area contributed by atoms with Crippen LogP contribution in [0.4, 0.5) is 0 Å². The number of nitrogens with zero attached hydrogens (tertiary/aromatic N) is 1. The molecule has 2 amide bonds. The van der Waals surface area contributed by atoms with Crippen LogP contribution in [0.15, 0.2) is 24.3 Å². The average molecular weight is 358 g/mol. The lowest BCUT2D eigenvalue weighted by Gasteiger charge is -2.36. The van der Waals surface area contributed by atoms with Gasteiger partial charge in [0, 0.05) is 25.6 Å². The SMILES string of the molecule is O=C(O)c1ccc(CCNC(=O)C2CCC(=O)N(C3CCCC3)C2)cc1. The lowest BCUT2D eigenvalue weighted by Crippen LogP contribution is -2.49. The quantitative estimate of drug-likeness (QED) is 0.816. The summed E-state index contributed by atoms with van der Waals surface area (Å²) in [5.74, 6) is -0.853. The monoisotopic (exact) mass is 358 g/mol. The molecule has 0 spiro atoms. The predicted octanol–water partition coefficient (Wildman–Crippen LogP) is 2.22. The first-order valence-corrected chi connectivity index (χ1v) is 9.44. The van der Waals surface area contributed by atoms with Crippen LogP contribution in [-0.4, -0.2) is 46.9 Å². The number of hydrogen-bond acceptors (Lipinski definition) is 3. The molecule has 1 saturated heterocycles. The van der Waals surface area contributed by atoms with E-state index < -0.39 is 5.97 Å². The number of carbonyl (C=O) groups is 3. The molecule has 3 rings (SSSR count). The first-order chi connectivity index (χ1) is 12.5. The van der Waals surface area contributed by atoms with Crippen molar-refractivity contribution < 1.29 is 19.5 Å². The molecule has 0 bridgehead atoms. The maximum Gasteiger partial charge on any atom is 0.335 e. The van der Waals surface area contributed by atoms with E-state index in [1.165, 1.54) is 12.8 Å². The van der Waals surface area contributed by atoms with Gasteiger partial charge in [-0.15, -0.1) is 0 Å². The smallest absolute Gasteiger partial charge is 0.335 e. The zero-order valence-corrected chi connectivity index (χ0v) is 14.9. The molecule has 6 heteroatoms. The third-order valence-corrected chi connectivity index (χ3v) is 5.49. The standard InChI is InChI=1S/C20H26N2O4/c23-18-10-9-16(13-22(18)17-3-1-2-4-17)19(24)21-12-11-14-5-7-15(8-6-14)20(25)26/h5-8,16-17H,1-4,9-13H2,(H,21,24)(H,25,26). The number of carboxylic acid groups (broad SMARTS) is 1. The molecular formula is C20H26N2O4. The number of amides is 2. The molecule has 0 radical (unpaired) electrons. The zero-order chi connectivity index (χ0) is 18.5. The van der Waals surface area contributed by atoms with Gasteiger partial charge >= 0.3 is 5.97 Å². The summed E-state index contributed by atoms with van der Waals surface area (Å²) >= 11 is 0. The molecule has 1 aromatic rings. The highest BCUT2D eigenvalue weighted by Gasteiger charge is 2.34. The van der Waals surface area contributed by atoms with E-state index in [9.17, 15) is 14.4 Å². The molecular weight excluding hydrogens is 332 g/mol. The minimum absolute atomic E-state index is 0.0163. The normalized spacial score (nSPS) is 21.0. The van der Waals surface area contributed by atoms with E-state index in [4.69, 9.17) is 5.11 Å². The van der Waals surface area contributed by atoms with Crippen molar-refractivity contribution in [1.82, 2.24) is 10.2 Å². The molecule has 1 aromatic carbocycles. The van der Waals surface area contributed by atoms with Crippen molar-refractivity contribution in [3.8, 4) is 0 Å². The number of aromatic carboxylic acids is 1. The largest absolute Gasteiger partial charge is 0.478 e. The van der Waals surface area contributed by atoms with Gasteiger partial charge < -0.3 is 15.3 Å². The van der Waals surface area contributed by atoms with Gasteiger partial charge in [-0.25, -0.2) is 4.79 Å². The number of piperidine rings is 1. The van der Waals surface area contributed by atoms with Crippen LogP contribution in [0, 0.1) is 5.92 Å². The fourth-order valence-corrected chi connectivity index (χ4v) is 3.94. The molecule has 1 heterocycles. The van der Waals surface area contributed by atoms with Gasteiger partial charge in [0.1, 0.15) is 0 Å². The second kappa shape index (κ2) is 8.34. The first kappa shape index (κ1) is 18.4. The van der Waals surface area contributed by atoms with Gasteiger partial charge in [0.15, 0.2) is 0 Å². The second-order valence-corrected chi connectivity index (χ2v) is 7.26.